The van der Waals surface area contributed by atoms with Gasteiger partial charge in [-0.1, -0.05) is 30.3 Å². The molecule has 0 fully saturated rings. The van der Waals surface area contributed by atoms with Gasteiger partial charge in [0.05, 0.1) is 4.90 Å². The number of nitrogens with two attached hydrogens (primary N) is 1. The highest BCUT2D eigenvalue weighted by Gasteiger charge is 2.16. The van der Waals surface area contributed by atoms with E-state index in [4.69, 9.17) is 10.5 Å². The summed E-state index contributed by atoms with van der Waals surface area (Å²) in [4.78, 5) is 0.00663. The second kappa shape index (κ2) is 8.18. The lowest BCUT2D eigenvalue weighted by Gasteiger charge is -2.14. The van der Waals surface area contributed by atoms with Crippen LogP contribution >= 0.6 is 0 Å². The van der Waals surface area contributed by atoms with Crippen LogP contribution < -0.4 is 15.2 Å². The maximum Gasteiger partial charge on any atom is 0.272 e. The minimum absolute atomic E-state index is 0.00663. The van der Waals surface area contributed by atoms with Crippen LogP contribution in [0, 0.1) is 0 Å². The Balaban J connectivity index is 1.97. The summed E-state index contributed by atoms with van der Waals surface area (Å²) >= 11 is 0. The number of nitrogens with one attached hydrogen (secondary N) is 1. The van der Waals surface area contributed by atoms with Crippen molar-refractivity contribution >= 4 is 10.0 Å². The van der Waals surface area contributed by atoms with Crippen molar-refractivity contribution in [3.63, 3.8) is 0 Å². The number of alkyl halides is 2. The second-order valence-corrected chi connectivity index (χ2v) is 6.81. The van der Waals surface area contributed by atoms with Gasteiger partial charge in [0, 0.05) is 12.6 Å². The molecule has 5 nitrogen and oxygen atoms in total. The van der Waals surface area contributed by atoms with Gasteiger partial charge in [0.15, 0.2) is 0 Å². The Morgan fingerprint density at radius 2 is 1.67 bits per heavy atom. The van der Waals surface area contributed by atoms with E-state index in [2.05, 4.69) is 4.72 Å². The maximum atomic E-state index is 12.2. The fourth-order valence-electron chi connectivity index (χ4n) is 1.98. The highest BCUT2D eigenvalue weighted by Crippen LogP contribution is 2.17. The average Bonchev–Trinajstić information content (AvgIpc) is 2.59. The van der Waals surface area contributed by atoms with Crippen LogP contribution in [0.15, 0.2) is 59.5 Å². The summed E-state index contributed by atoms with van der Waals surface area (Å²) in [6.07, 6.45) is -2.59. The summed E-state index contributed by atoms with van der Waals surface area (Å²) in [6.45, 7) is -0.702. The third-order valence-corrected chi connectivity index (χ3v) is 4.67. The van der Waals surface area contributed by atoms with Crippen LogP contribution in [0.5, 0.6) is 5.75 Å². The molecule has 0 bridgehead atoms. The molecule has 0 aliphatic rings. The smallest absolute Gasteiger partial charge is 0.272 e. The zero-order valence-corrected chi connectivity index (χ0v) is 13.5. The third kappa shape index (κ3) is 5.26. The molecule has 3 N–H and O–H groups in total. The normalized spacial score (nSPS) is 13.0. The summed E-state index contributed by atoms with van der Waals surface area (Å²) in [5, 5.41) is 0. The molecule has 8 heteroatoms. The number of sulfonamides is 1. The molecule has 0 saturated carbocycles. The van der Waals surface area contributed by atoms with Gasteiger partial charge < -0.3 is 10.5 Å². The molecule has 0 spiro atoms. The molecule has 0 radical (unpaired) electrons. The van der Waals surface area contributed by atoms with Crippen molar-refractivity contribution in [1.29, 1.82) is 0 Å². The lowest BCUT2D eigenvalue weighted by atomic mass is 10.1. The lowest BCUT2D eigenvalue weighted by molar-refractivity contribution is 0.0819. The summed E-state index contributed by atoms with van der Waals surface area (Å²) in [6, 6.07) is 13.9. The molecule has 1 atom stereocenters. The predicted molar refractivity (Wildman–Crippen MR) is 86.5 cm³/mol. The molecule has 24 heavy (non-hydrogen) atoms. The van der Waals surface area contributed by atoms with Crippen LogP contribution in [0.25, 0.3) is 0 Å². The number of rotatable bonds is 8. The second-order valence-electron chi connectivity index (χ2n) is 5.04. The van der Waals surface area contributed by atoms with Crippen LogP contribution in [0.4, 0.5) is 8.78 Å². The Morgan fingerprint density at radius 1 is 1.04 bits per heavy atom. The minimum Gasteiger partial charge on any atom is -0.488 e. The molecular formula is C16H18F2N2O3S. The van der Waals surface area contributed by atoms with Gasteiger partial charge in [0.1, 0.15) is 12.4 Å². The Labute approximate surface area is 139 Å². The molecule has 0 heterocycles. The summed E-state index contributed by atoms with van der Waals surface area (Å²) in [5.74, 6) is 0.176. The molecule has 2 aromatic carbocycles. The van der Waals surface area contributed by atoms with E-state index in [1.54, 1.807) is 0 Å². The van der Waals surface area contributed by atoms with Gasteiger partial charge in [-0.25, -0.2) is 21.9 Å². The zero-order valence-electron chi connectivity index (χ0n) is 12.7. The fraction of sp³-hybridized carbons (Fsp3) is 0.250. The van der Waals surface area contributed by atoms with Crippen LogP contribution in [0.3, 0.4) is 0 Å². The Morgan fingerprint density at radius 3 is 2.25 bits per heavy atom. The summed E-state index contributed by atoms with van der Waals surface area (Å²) < 4.78 is 55.8. The van der Waals surface area contributed by atoms with Crippen molar-refractivity contribution < 1.29 is 21.9 Å². The van der Waals surface area contributed by atoms with E-state index in [1.807, 2.05) is 30.3 Å². The number of hydrogen-bond donors (Lipinski definition) is 2. The van der Waals surface area contributed by atoms with E-state index in [0.717, 1.165) is 5.56 Å². The minimum atomic E-state index is -3.75. The first-order chi connectivity index (χ1) is 11.4. The number of halogens is 2. The number of hydrogen-bond acceptors (Lipinski definition) is 4. The Bertz CT molecular complexity index is 738. The average molecular weight is 356 g/mol. The quantitative estimate of drug-likeness (QED) is 0.760. The molecular weight excluding hydrogens is 338 g/mol. The van der Waals surface area contributed by atoms with E-state index >= 15 is 0 Å². The lowest BCUT2D eigenvalue weighted by Crippen LogP contribution is -2.31. The zero-order chi connectivity index (χ0) is 17.6. The maximum absolute atomic E-state index is 12.2. The molecule has 0 saturated heterocycles. The number of benzene rings is 2. The molecule has 1 unspecified atom stereocenters. The Hall–Kier alpha value is -2.03. The van der Waals surface area contributed by atoms with Crippen LogP contribution in [-0.4, -0.2) is 28.0 Å². The first-order valence-electron chi connectivity index (χ1n) is 7.19. The van der Waals surface area contributed by atoms with Crippen molar-refractivity contribution in [1.82, 2.24) is 4.72 Å². The highest BCUT2D eigenvalue weighted by molar-refractivity contribution is 7.89. The third-order valence-electron chi connectivity index (χ3n) is 3.23. The summed E-state index contributed by atoms with van der Waals surface area (Å²) in [7, 11) is -3.75. The van der Waals surface area contributed by atoms with Crippen LogP contribution in [0.1, 0.15) is 11.6 Å². The van der Waals surface area contributed by atoms with Crippen LogP contribution in [-0.2, 0) is 10.0 Å². The SMILES string of the molecule is NC(CNS(=O)(=O)c1ccc(OCC(F)F)cc1)c1ccccc1. The molecule has 0 amide bonds. The van der Waals surface area contributed by atoms with Gasteiger partial charge in [-0.05, 0) is 29.8 Å². The topological polar surface area (TPSA) is 81.4 Å². The first-order valence-corrected chi connectivity index (χ1v) is 8.68. The molecule has 2 aromatic rings. The largest absolute Gasteiger partial charge is 0.488 e. The van der Waals surface area contributed by atoms with E-state index in [0.29, 0.717) is 0 Å². The first kappa shape index (κ1) is 18.3. The summed E-state index contributed by atoms with van der Waals surface area (Å²) in [5.41, 5.74) is 6.77. The molecule has 0 aliphatic heterocycles. The molecule has 0 aliphatic carbocycles. The van der Waals surface area contributed by atoms with Crippen molar-refractivity contribution in [2.75, 3.05) is 13.2 Å². The van der Waals surface area contributed by atoms with E-state index in [-0.39, 0.29) is 17.2 Å². The van der Waals surface area contributed by atoms with Crippen molar-refractivity contribution in [3.8, 4) is 5.75 Å². The van der Waals surface area contributed by atoms with Gasteiger partial charge in [0.25, 0.3) is 6.43 Å². The van der Waals surface area contributed by atoms with E-state index in [1.165, 1.54) is 24.3 Å². The predicted octanol–water partition coefficient (Wildman–Crippen LogP) is 2.31. The van der Waals surface area contributed by atoms with E-state index < -0.39 is 29.1 Å². The van der Waals surface area contributed by atoms with Crippen LogP contribution in [0.2, 0.25) is 0 Å². The Kier molecular flexibility index (Phi) is 6.24. The van der Waals surface area contributed by atoms with Crippen molar-refractivity contribution in [3.05, 3.63) is 60.2 Å². The van der Waals surface area contributed by atoms with Crippen molar-refractivity contribution in [2.45, 2.75) is 17.4 Å². The fourth-order valence-corrected chi connectivity index (χ4v) is 3.04. The van der Waals surface area contributed by atoms with Gasteiger partial charge in [-0.2, -0.15) is 0 Å². The number of ether oxygens (including phenoxy) is 1. The monoisotopic (exact) mass is 356 g/mol. The highest BCUT2D eigenvalue weighted by atomic mass is 32.2. The standard InChI is InChI=1S/C16H18F2N2O3S/c17-16(18)11-23-13-6-8-14(9-7-13)24(21,22)20-10-15(19)12-4-2-1-3-5-12/h1-9,15-16,20H,10-11,19H2. The van der Waals surface area contributed by atoms with Gasteiger partial charge in [-0.15, -0.1) is 0 Å². The molecule has 2 rings (SSSR count). The van der Waals surface area contributed by atoms with Gasteiger partial charge >= 0.3 is 0 Å². The van der Waals surface area contributed by atoms with Gasteiger partial charge in [-0.3, -0.25) is 0 Å². The molecule has 0 aromatic heterocycles. The van der Waals surface area contributed by atoms with E-state index in [9.17, 15) is 17.2 Å². The molecule has 130 valence electrons. The van der Waals surface area contributed by atoms with Gasteiger partial charge in [0.2, 0.25) is 10.0 Å². The van der Waals surface area contributed by atoms with Crippen molar-refractivity contribution in [2.24, 2.45) is 5.73 Å².